The van der Waals surface area contributed by atoms with Gasteiger partial charge in [0, 0.05) is 18.3 Å². The van der Waals surface area contributed by atoms with Gasteiger partial charge in [-0.1, -0.05) is 18.6 Å². The predicted octanol–water partition coefficient (Wildman–Crippen LogP) is 3.10. The van der Waals surface area contributed by atoms with Crippen LogP contribution >= 0.6 is 0 Å². The summed E-state index contributed by atoms with van der Waals surface area (Å²) in [6.45, 7) is 4.44. The molecule has 1 nitrogen and oxygen atoms in total. The first-order valence-electron chi connectivity index (χ1n) is 5.38. The van der Waals surface area contributed by atoms with Crippen LogP contribution in [0.3, 0.4) is 0 Å². The zero-order chi connectivity index (χ0) is 9.47. The van der Waals surface area contributed by atoms with Gasteiger partial charge < -0.3 is 0 Å². The van der Waals surface area contributed by atoms with E-state index in [-0.39, 0.29) is 5.41 Å². The van der Waals surface area contributed by atoms with Gasteiger partial charge in [-0.2, -0.15) is 0 Å². The average molecular weight is 178 g/mol. The van der Waals surface area contributed by atoms with Crippen LogP contribution in [-0.2, 0) is 4.79 Å². The van der Waals surface area contributed by atoms with Crippen LogP contribution in [0.5, 0.6) is 0 Å². The third-order valence-electron chi connectivity index (χ3n) is 4.19. The summed E-state index contributed by atoms with van der Waals surface area (Å²) in [6.07, 6.45) is 7.48. The topological polar surface area (TPSA) is 17.1 Å². The Labute approximate surface area is 80.2 Å². The lowest BCUT2D eigenvalue weighted by molar-refractivity contribution is -0.124. The minimum absolute atomic E-state index is 0.273. The molecule has 72 valence electrons. The third-order valence-corrected chi connectivity index (χ3v) is 4.19. The van der Waals surface area contributed by atoms with Crippen molar-refractivity contribution in [1.82, 2.24) is 0 Å². The van der Waals surface area contributed by atoms with E-state index in [0.717, 1.165) is 31.6 Å². The zero-order valence-electron chi connectivity index (χ0n) is 8.60. The molecule has 2 atom stereocenters. The highest BCUT2D eigenvalue weighted by Gasteiger charge is 2.45. The van der Waals surface area contributed by atoms with Gasteiger partial charge in [0.25, 0.3) is 0 Å². The van der Waals surface area contributed by atoms with Crippen LogP contribution < -0.4 is 0 Å². The summed E-state index contributed by atoms with van der Waals surface area (Å²) in [4.78, 5) is 11.5. The number of allylic oxidation sites excluding steroid dienone is 2. The van der Waals surface area contributed by atoms with Crippen LogP contribution in [0.25, 0.3) is 0 Å². The summed E-state index contributed by atoms with van der Waals surface area (Å²) < 4.78 is 0. The summed E-state index contributed by atoms with van der Waals surface area (Å²) in [5, 5.41) is 0. The van der Waals surface area contributed by atoms with E-state index in [1.165, 1.54) is 12.0 Å². The lowest BCUT2D eigenvalue weighted by Crippen LogP contribution is -2.34. The van der Waals surface area contributed by atoms with E-state index in [4.69, 9.17) is 0 Å². The fourth-order valence-electron chi connectivity index (χ4n) is 3.22. The Morgan fingerprint density at radius 3 is 3.08 bits per heavy atom. The molecule has 2 rings (SSSR count). The van der Waals surface area contributed by atoms with Crippen molar-refractivity contribution in [2.24, 2.45) is 11.3 Å². The Hall–Kier alpha value is -0.590. The molecule has 0 radical (unpaired) electrons. The van der Waals surface area contributed by atoms with E-state index >= 15 is 0 Å². The van der Waals surface area contributed by atoms with Crippen LogP contribution in [0.2, 0.25) is 0 Å². The highest BCUT2D eigenvalue weighted by molar-refractivity contribution is 5.80. The molecule has 0 N–H and O–H groups in total. The highest BCUT2D eigenvalue weighted by atomic mass is 16.1. The second kappa shape index (κ2) is 2.97. The van der Waals surface area contributed by atoms with E-state index < -0.39 is 0 Å². The molecular formula is C12H18O. The first-order chi connectivity index (χ1) is 6.19. The van der Waals surface area contributed by atoms with Crippen molar-refractivity contribution >= 4 is 5.78 Å². The van der Waals surface area contributed by atoms with Gasteiger partial charge in [-0.05, 0) is 32.1 Å². The van der Waals surface area contributed by atoms with Crippen molar-refractivity contribution in [2.75, 3.05) is 0 Å². The second-order valence-corrected chi connectivity index (χ2v) is 4.58. The van der Waals surface area contributed by atoms with Crippen LogP contribution in [-0.4, -0.2) is 5.78 Å². The Morgan fingerprint density at radius 1 is 1.62 bits per heavy atom. The van der Waals surface area contributed by atoms with Gasteiger partial charge in [0.05, 0.1) is 0 Å². The number of rotatable bonds is 1. The molecule has 0 bridgehead atoms. The summed E-state index contributed by atoms with van der Waals surface area (Å²) in [7, 11) is 0. The lowest BCUT2D eigenvalue weighted by atomic mass is 9.63. The molecule has 1 fully saturated rings. The van der Waals surface area contributed by atoms with Crippen LogP contribution in [0.1, 0.15) is 46.0 Å². The van der Waals surface area contributed by atoms with Crippen LogP contribution in [0, 0.1) is 11.3 Å². The normalized spacial score (nSPS) is 38.8. The standard InChI is InChI=1S/C12H18O/c1-3-12-8-11(13)7-6-10(12)5-4-9(12)2/h4,10H,3,5-8H2,1-2H3/t10-,12-/m1/s1. The fraction of sp³-hybridized carbons (Fsp3) is 0.750. The quantitative estimate of drug-likeness (QED) is 0.564. The molecule has 1 heteroatoms. The van der Waals surface area contributed by atoms with Gasteiger partial charge in [-0.15, -0.1) is 0 Å². The maximum absolute atomic E-state index is 11.5. The van der Waals surface area contributed by atoms with Crippen molar-refractivity contribution in [3.05, 3.63) is 11.6 Å². The van der Waals surface area contributed by atoms with Crippen molar-refractivity contribution in [1.29, 1.82) is 0 Å². The van der Waals surface area contributed by atoms with Gasteiger partial charge in [0.1, 0.15) is 5.78 Å². The third kappa shape index (κ3) is 1.17. The number of ketones is 1. The molecule has 0 aromatic carbocycles. The highest BCUT2D eigenvalue weighted by Crippen LogP contribution is 2.53. The largest absolute Gasteiger partial charge is 0.300 e. The summed E-state index contributed by atoms with van der Waals surface area (Å²) >= 11 is 0. The first-order valence-corrected chi connectivity index (χ1v) is 5.38. The number of Topliss-reactive ketones (excluding diaryl/α,β-unsaturated/α-hetero) is 1. The van der Waals surface area contributed by atoms with Crippen molar-refractivity contribution in [2.45, 2.75) is 46.0 Å². The molecule has 0 aromatic rings. The lowest BCUT2D eigenvalue weighted by Gasteiger charge is -2.40. The number of carbonyl (C=O) groups is 1. The van der Waals surface area contributed by atoms with Gasteiger partial charge in [0.15, 0.2) is 0 Å². The van der Waals surface area contributed by atoms with E-state index in [9.17, 15) is 4.79 Å². The van der Waals surface area contributed by atoms with E-state index in [1.807, 2.05) is 0 Å². The summed E-state index contributed by atoms with van der Waals surface area (Å²) in [6, 6.07) is 0. The summed E-state index contributed by atoms with van der Waals surface area (Å²) in [5.74, 6) is 1.25. The van der Waals surface area contributed by atoms with E-state index in [1.54, 1.807) is 0 Å². The Kier molecular flexibility index (Phi) is 2.05. The average Bonchev–Trinajstić information content (AvgIpc) is 2.44. The Bertz CT molecular complexity index is 264. The summed E-state index contributed by atoms with van der Waals surface area (Å²) in [5.41, 5.74) is 1.75. The fourth-order valence-corrected chi connectivity index (χ4v) is 3.22. The molecule has 1 saturated carbocycles. The zero-order valence-corrected chi connectivity index (χ0v) is 8.60. The van der Waals surface area contributed by atoms with Crippen molar-refractivity contribution in [3.8, 4) is 0 Å². The van der Waals surface area contributed by atoms with Crippen LogP contribution in [0.4, 0.5) is 0 Å². The smallest absolute Gasteiger partial charge is 0.133 e. The maximum Gasteiger partial charge on any atom is 0.133 e. The van der Waals surface area contributed by atoms with E-state index in [0.29, 0.717) is 5.78 Å². The number of hydrogen-bond acceptors (Lipinski definition) is 1. The molecule has 13 heavy (non-hydrogen) atoms. The molecule has 0 spiro atoms. The van der Waals surface area contributed by atoms with Gasteiger partial charge in [-0.25, -0.2) is 0 Å². The SMILES string of the molecule is CC[C@]12CC(=O)CC[C@H]1CC=C2C. The van der Waals surface area contributed by atoms with E-state index in [2.05, 4.69) is 19.9 Å². The molecule has 0 saturated heterocycles. The molecule has 0 aliphatic heterocycles. The van der Waals surface area contributed by atoms with Gasteiger partial charge >= 0.3 is 0 Å². The Morgan fingerprint density at radius 2 is 2.38 bits per heavy atom. The second-order valence-electron chi connectivity index (χ2n) is 4.58. The minimum atomic E-state index is 0.273. The molecule has 0 amide bonds. The number of fused-ring (bicyclic) bond motifs is 1. The molecule has 0 unspecified atom stereocenters. The first kappa shape index (κ1) is 8.98. The number of carbonyl (C=O) groups excluding carboxylic acids is 1. The van der Waals surface area contributed by atoms with Crippen LogP contribution in [0.15, 0.2) is 11.6 Å². The predicted molar refractivity (Wildman–Crippen MR) is 53.4 cm³/mol. The van der Waals surface area contributed by atoms with Gasteiger partial charge in [-0.3, -0.25) is 4.79 Å². The Balaban J connectivity index is 2.30. The number of hydrogen-bond donors (Lipinski definition) is 0. The monoisotopic (exact) mass is 178 g/mol. The molecule has 0 heterocycles. The molecular weight excluding hydrogens is 160 g/mol. The maximum atomic E-state index is 11.5. The molecule has 2 aliphatic rings. The van der Waals surface area contributed by atoms with Gasteiger partial charge in [0.2, 0.25) is 0 Å². The van der Waals surface area contributed by atoms with Crippen molar-refractivity contribution < 1.29 is 4.79 Å². The molecule has 2 aliphatic carbocycles. The molecule has 0 aromatic heterocycles. The van der Waals surface area contributed by atoms with Crippen molar-refractivity contribution in [3.63, 3.8) is 0 Å². The minimum Gasteiger partial charge on any atom is -0.300 e.